The molecule has 0 spiro atoms. The van der Waals surface area contributed by atoms with Crippen LogP contribution in [0.25, 0.3) is 16.6 Å². The maximum absolute atomic E-state index is 13.2. The monoisotopic (exact) mass is 557 g/mol. The molecule has 0 aliphatic heterocycles. The van der Waals surface area contributed by atoms with E-state index in [0.717, 1.165) is 14.5 Å². The van der Waals surface area contributed by atoms with Gasteiger partial charge in [-0.1, -0.05) is 57.5 Å². The third-order valence-corrected chi connectivity index (χ3v) is 6.66. The van der Waals surface area contributed by atoms with E-state index in [1.807, 2.05) is 61.5 Å². The van der Waals surface area contributed by atoms with E-state index in [1.54, 1.807) is 16.7 Å². The van der Waals surface area contributed by atoms with Crippen molar-refractivity contribution in [1.29, 1.82) is 0 Å². The van der Waals surface area contributed by atoms with Crippen LogP contribution in [0.3, 0.4) is 0 Å². The lowest BCUT2D eigenvalue weighted by Gasteiger charge is -2.14. The molecule has 1 N–H and O–H groups in total. The number of hydrogen-bond acceptors (Lipinski definition) is 4. The number of carbonyl (C=O) groups is 1. The van der Waals surface area contributed by atoms with Gasteiger partial charge in [0.1, 0.15) is 0 Å². The third-order valence-electron chi connectivity index (χ3n) is 4.57. The average Bonchev–Trinajstić information content (AvgIpc) is 2.75. The van der Waals surface area contributed by atoms with E-state index < -0.39 is 0 Å². The Morgan fingerprint density at radius 3 is 2.55 bits per heavy atom. The minimum atomic E-state index is -0.189. The lowest BCUT2D eigenvalue weighted by Crippen LogP contribution is -2.23. The predicted octanol–water partition coefficient (Wildman–Crippen LogP) is 5.95. The first-order valence-electron chi connectivity index (χ1n) is 9.39. The zero-order valence-corrected chi connectivity index (χ0v) is 20.4. The molecule has 0 saturated carbocycles. The molecular formula is C23H17Br2N3O2S. The molecule has 1 amide bonds. The van der Waals surface area contributed by atoms with Gasteiger partial charge in [-0.15, -0.1) is 0 Å². The van der Waals surface area contributed by atoms with Gasteiger partial charge in [0.2, 0.25) is 5.91 Å². The van der Waals surface area contributed by atoms with Gasteiger partial charge in [0, 0.05) is 8.95 Å². The van der Waals surface area contributed by atoms with E-state index in [-0.39, 0.29) is 17.2 Å². The number of thioether (sulfide) groups is 1. The minimum absolute atomic E-state index is 0.110. The fourth-order valence-electron chi connectivity index (χ4n) is 3.04. The highest BCUT2D eigenvalue weighted by Gasteiger charge is 2.15. The van der Waals surface area contributed by atoms with Crippen molar-refractivity contribution in [3.05, 3.63) is 91.6 Å². The fraction of sp³-hybridized carbons (Fsp3) is 0.0870. The van der Waals surface area contributed by atoms with Crippen molar-refractivity contribution >= 4 is 66.1 Å². The molecule has 3 aromatic carbocycles. The van der Waals surface area contributed by atoms with Crippen molar-refractivity contribution in [3.8, 4) is 5.69 Å². The summed E-state index contributed by atoms with van der Waals surface area (Å²) in [4.78, 5) is 30.5. The van der Waals surface area contributed by atoms with Gasteiger partial charge in [0.25, 0.3) is 5.56 Å². The number of halogens is 2. The second-order valence-electron chi connectivity index (χ2n) is 6.85. The number of carbonyl (C=O) groups excluding carboxylic acids is 1. The molecule has 1 aromatic heterocycles. The van der Waals surface area contributed by atoms with Gasteiger partial charge in [0.05, 0.1) is 28.0 Å². The van der Waals surface area contributed by atoms with Crippen molar-refractivity contribution in [2.24, 2.45) is 0 Å². The maximum Gasteiger partial charge on any atom is 0.266 e. The van der Waals surface area contributed by atoms with Crippen LogP contribution >= 0.6 is 43.6 Å². The summed E-state index contributed by atoms with van der Waals surface area (Å²) in [6.45, 7) is 1.99. The second-order valence-corrected chi connectivity index (χ2v) is 9.56. The average molecular weight is 559 g/mol. The van der Waals surface area contributed by atoms with Crippen molar-refractivity contribution in [2.45, 2.75) is 12.1 Å². The first kappa shape index (κ1) is 21.8. The highest BCUT2D eigenvalue weighted by molar-refractivity contribution is 9.11. The number of amides is 1. The summed E-state index contributed by atoms with van der Waals surface area (Å²) in [5.41, 5.74) is 2.94. The van der Waals surface area contributed by atoms with Crippen LogP contribution in [0.2, 0.25) is 0 Å². The lowest BCUT2D eigenvalue weighted by atomic mass is 10.2. The van der Waals surface area contributed by atoms with Gasteiger partial charge in [-0.3, -0.25) is 14.2 Å². The molecule has 31 heavy (non-hydrogen) atoms. The Kier molecular flexibility index (Phi) is 6.60. The van der Waals surface area contributed by atoms with Gasteiger partial charge in [-0.05, 0) is 65.3 Å². The Bertz CT molecular complexity index is 1340. The van der Waals surface area contributed by atoms with Gasteiger partial charge in [0.15, 0.2) is 5.16 Å². The molecule has 5 nitrogen and oxygen atoms in total. The maximum atomic E-state index is 13.2. The van der Waals surface area contributed by atoms with Crippen LogP contribution < -0.4 is 10.9 Å². The molecule has 0 atom stereocenters. The van der Waals surface area contributed by atoms with E-state index in [1.165, 1.54) is 11.8 Å². The molecule has 4 aromatic rings. The lowest BCUT2D eigenvalue weighted by molar-refractivity contribution is -0.113. The van der Waals surface area contributed by atoms with Crippen LogP contribution in [0.5, 0.6) is 0 Å². The van der Waals surface area contributed by atoms with Crippen molar-refractivity contribution in [1.82, 2.24) is 9.55 Å². The summed E-state index contributed by atoms with van der Waals surface area (Å²) < 4.78 is 3.25. The molecule has 156 valence electrons. The third kappa shape index (κ3) is 4.92. The predicted molar refractivity (Wildman–Crippen MR) is 133 cm³/mol. The Morgan fingerprint density at radius 1 is 1.06 bits per heavy atom. The van der Waals surface area contributed by atoms with E-state index in [2.05, 4.69) is 42.2 Å². The van der Waals surface area contributed by atoms with Gasteiger partial charge in [-0.2, -0.15) is 0 Å². The number of fused-ring (bicyclic) bond motifs is 1. The topological polar surface area (TPSA) is 64.0 Å². The van der Waals surface area contributed by atoms with E-state index in [4.69, 9.17) is 0 Å². The SMILES string of the molecule is Cc1ccc(-n2c(SCC(=O)Nc3ccc(Br)cc3Br)nc3ccccc3c2=O)cc1. The molecule has 0 fully saturated rings. The number of hydrogen-bond donors (Lipinski definition) is 1. The number of aromatic nitrogens is 2. The molecule has 1 heterocycles. The number of para-hydroxylation sites is 1. The standard InChI is InChI=1S/C23H17Br2N3O2S/c1-14-6-9-16(10-7-14)28-22(30)17-4-2-3-5-19(17)27-23(28)31-13-21(29)26-20-11-8-15(24)12-18(20)25/h2-12H,13H2,1H3,(H,26,29). The summed E-state index contributed by atoms with van der Waals surface area (Å²) in [7, 11) is 0. The minimum Gasteiger partial charge on any atom is -0.324 e. The Labute approximate surface area is 200 Å². The van der Waals surface area contributed by atoms with Crippen LogP contribution in [0, 0.1) is 6.92 Å². The molecule has 4 rings (SSSR count). The van der Waals surface area contributed by atoms with Gasteiger partial charge < -0.3 is 5.32 Å². The molecule has 0 aliphatic rings. The summed E-state index contributed by atoms with van der Waals surface area (Å²) in [5.74, 6) is -0.0787. The number of rotatable bonds is 5. The first-order valence-corrected chi connectivity index (χ1v) is 12.0. The summed E-state index contributed by atoms with van der Waals surface area (Å²) in [6, 6.07) is 20.4. The van der Waals surface area contributed by atoms with Gasteiger partial charge >= 0.3 is 0 Å². The van der Waals surface area contributed by atoms with Crippen molar-refractivity contribution < 1.29 is 4.79 Å². The highest BCUT2D eigenvalue weighted by atomic mass is 79.9. The molecular weight excluding hydrogens is 542 g/mol. The number of benzene rings is 3. The molecule has 0 aliphatic carbocycles. The molecule has 0 saturated heterocycles. The smallest absolute Gasteiger partial charge is 0.266 e. The highest BCUT2D eigenvalue weighted by Crippen LogP contribution is 2.27. The molecule has 0 unspecified atom stereocenters. The zero-order valence-electron chi connectivity index (χ0n) is 16.4. The quantitative estimate of drug-likeness (QED) is 0.243. The summed E-state index contributed by atoms with van der Waals surface area (Å²) >= 11 is 8.07. The van der Waals surface area contributed by atoms with Crippen molar-refractivity contribution in [2.75, 3.05) is 11.1 Å². The van der Waals surface area contributed by atoms with Gasteiger partial charge in [-0.25, -0.2) is 4.98 Å². The van der Waals surface area contributed by atoms with Crippen molar-refractivity contribution in [3.63, 3.8) is 0 Å². The Morgan fingerprint density at radius 2 is 1.81 bits per heavy atom. The largest absolute Gasteiger partial charge is 0.324 e. The Balaban J connectivity index is 1.66. The molecule has 0 bridgehead atoms. The normalized spacial score (nSPS) is 10.9. The van der Waals surface area contributed by atoms with E-state index in [9.17, 15) is 9.59 Å². The second kappa shape index (κ2) is 9.38. The van der Waals surface area contributed by atoms with Crippen LogP contribution in [0.4, 0.5) is 5.69 Å². The number of aryl methyl sites for hydroxylation is 1. The summed E-state index contributed by atoms with van der Waals surface area (Å²) in [5, 5.41) is 3.89. The zero-order chi connectivity index (χ0) is 22.0. The van der Waals surface area contributed by atoms with Crippen LogP contribution in [0.15, 0.2) is 85.6 Å². The number of anilines is 1. The summed E-state index contributed by atoms with van der Waals surface area (Å²) in [6.07, 6.45) is 0. The first-order chi connectivity index (χ1) is 14.9. The Hall–Kier alpha value is -2.42. The van der Waals surface area contributed by atoms with E-state index in [0.29, 0.717) is 27.4 Å². The fourth-order valence-corrected chi connectivity index (χ4v) is 5.00. The number of nitrogens with one attached hydrogen (secondary N) is 1. The van der Waals surface area contributed by atoms with E-state index >= 15 is 0 Å². The van der Waals surface area contributed by atoms with Crippen LogP contribution in [-0.2, 0) is 4.79 Å². The number of nitrogens with zero attached hydrogens (tertiary/aromatic N) is 2. The molecule has 0 radical (unpaired) electrons. The molecule has 8 heteroatoms. The van der Waals surface area contributed by atoms with Crippen LogP contribution in [-0.4, -0.2) is 21.2 Å². The van der Waals surface area contributed by atoms with Crippen LogP contribution in [0.1, 0.15) is 5.56 Å².